The number of hydrogen-bond acceptors (Lipinski definition) is 12. The van der Waals surface area contributed by atoms with Crippen molar-refractivity contribution >= 4 is 5.78 Å². The lowest BCUT2D eigenvalue weighted by molar-refractivity contribution is -0.254. The molecule has 2 aliphatic heterocycles. The Morgan fingerprint density at radius 1 is 1.02 bits per heavy atom. The van der Waals surface area contributed by atoms with Gasteiger partial charge in [0.15, 0.2) is 5.78 Å². The van der Waals surface area contributed by atoms with Gasteiger partial charge >= 0.3 is 0 Å². The molecular formula is C47H75N3O9. The van der Waals surface area contributed by atoms with Crippen LogP contribution in [0, 0.1) is 46.3 Å². The molecule has 6 fully saturated rings. The van der Waals surface area contributed by atoms with E-state index in [1.807, 2.05) is 25.3 Å². The monoisotopic (exact) mass is 826 g/mol. The van der Waals surface area contributed by atoms with Gasteiger partial charge in [0, 0.05) is 30.0 Å². The summed E-state index contributed by atoms with van der Waals surface area (Å²) in [6.45, 7) is 7.71. The van der Waals surface area contributed by atoms with Gasteiger partial charge in [-0.15, -0.1) is 0 Å². The molecule has 0 aromatic rings. The highest BCUT2D eigenvalue weighted by Gasteiger charge is 2.74. The molecule has 8 aliphatic rings. The fraction of sp³-hybridized carbons (Fsp3) is 0.851. The Hall–Kier alpha value is -1.87. The summed E-state index contributed by atoms with van der Waals surface area (Å²) in [7, 11) is 0. The average Bonchev–Trinajstić information content (AvgIpc) is 3.58. The summed E-state index contributed by atoms with van der Waals surface area (Å²) < 4.78 is 6.94. The molecule has 0 aromatic heterocycles. The van der Waals surface area contributed by atoms with Crippen LogP contribution in [0.5, 0.6) is 0 Å². The molecule has 0 amide bonds. The topological polar surface area (TPSA) is 218 Å². The second-order valence-electron chi connectivity index (χ2n) is 21.2. The maximum Gasteiger partial charge on any atom is 0.182 e. The number of ether oxygens (including phenoxy) is 1. The van der Waals surface area contributed by atoms with Crippen LogP contribution in [0.25, 0.3) is 0 Å². The van der Waals surface area contributed by atoms with E-state index in [4.69, 9.17) is 10.5 Å². The summed E-state index contributed by atoms with van der Waals surface area (Å²) in [5.41, 5.74) is 1.17. The number of hydrogen-bond donors (Lipinski definition) is 10. The first kappa shape index (κ1) is 43.8. The Balaban J connectivity index is 1.17. The Labute approximate surface area is 351 Å². The van der Waals surface area contributed by atoms with Crippen LogP contribution in [-0.4, -0.2) is 108 Å². The van der Waals surface area contributed by atoms with E-state index >= 15 is 4.79 Å². The molecule has 12 heteroatoms. The summed E-state index contributed by atoms with van der Waals surface area (Å²) in [5.74, 6) is -1.33. The van der Waals surface area contributed by atoms with Gasteiger partial charge in [-0.25, -0.2) is 0 Å². The van der Waals surface area contributed by atoms with Crippen molar-refractivity contribution < 1.29 is 45.3 Å². The number of fused-ring (bicyclic) bond motifs is 8. The summed E-state index contributed by atoms with van der Waals surface area (Å²) in [4.78, 5) is 15.1. The zero-order valence-electron chi connectivity index (χ0n) is 36.0. The van der Waals surface area contributed by atoms with Crippen molar-refractivity contribution in [2.24, 2.45) is 52.1 Å². The molecule has 0 radical (unpaired) electrons. The first-order valence-electron chi connectivity index (χ1n) is 23.4. The maximum atomic E-state index is 15.1. The third kappa shape index (κ3) is 6.92. The van der Waals surface area contributed by atoms with E-state index in [-0.39, 0.29) is 73.7 Å². The fourth-order valence-electron chi connectivity index (χ4n) is 15.0. The van der Waals surface area contributed by atoms with Gasteiger partial charge in [-0.05, 0) is 150 Å². The number of dihydropyridines is 1. The van der Waals surface area contributed by atoms with E-state index in [9.17, 15) is 35.7 Å². The molecular weight excluding hydrogens is 751 g/mol. The predicted molar refractivity (Wildman–Crippen MR) is 223 cm³/mol. The number of aliphatic hydroxyl groups is 7. The van der Waals surface area contributed by atoms with Crippen molar-refractivity contribution in [1.29, 1.82) is 0 Å². The van der Waals surface area contributed by atoms with Gasteiger partial charge in [-0.2, -0.15) is 0 Å². The number of ketones is 1. The van der Waals surface area contributed by atoms with E-state index in [1.165, 1.54) is 6.42 Å². The molecule has 0 bridgehead atoms. The van der Waals surface area contributed by atoms with Gasteiger partial charge < -0.3 is 56.8 Å². The van der Waals surface area contributed by atoms with Crippen molar-refractivity contribution in [2.45, 2.75) is 196 Å². The highest BCUT2D eigenvalue weighted by atomic mass is 16.5. The summed E-state index contributed by atoms with van der Waals surface area (Å²) >= 11 is 0. The van der Waals surface area contributed by atoms with Crippen LogP contribution in [0.2, 0.25) is 0 Å². The SMILES string of the molecule is CCCC1CCC2OC3C(C(O)CCCC3(O)C(C)(O)C3CCC4(O)C5=C(NCC(C)O)C(=O)C6CC(O)C(O)CC6(CCC6=CNC(N)C=C6)C5CCC34C)C2CC1. The third-order valence-electron chi connectivity index (χ3n) is 18.1. The summed E-state index contributed by atoms with van der Waals surface area (Å²) in [6.07, 6.45) is 11.8. The molecule has 5 saturated carbocycles. The second kappa shape index (κ2) is 16.0. The van der Waals surface area contributed by atoms with Crippen molar-refractivity contribution in [1.82, 2.24) is 10.6 Å². The largest absolute Gasteiger partial charge is 0.393 e. The molecule has 8 rings (SSSR count). The van der Waals surface area contributed by atoms with Crippen LogP contribution in [0.3, 0.4) is 0 Å². The van der Waals surface area contributed by atoms with Crippen molar-refractivity contribution in [3.8, 4) is 0 Å². The van der Waals surface area contributed by atoms with Crippen LogP contribution in [0.1, 0.15) is 137 Å². The number of nitrogens with two attached hydrogens (primary N) is 1. The molecule has 1 saturated heterocycles. The fourth-order valence-corrected chi connectivity index (χ4v) is 15.0. The standard InChI is InChI=1S/C47H75N3O9/c1-5-7-27-9-12-29-35(13-10-27)59-42-38(29)32(52)8-6-18-47(42,58)44(4,56)36-17-21-46(57)39-30(16-19-43(36,46)3)45(20-15-28-11-14-37(48)49-25-28)23-34(54)33(53)22-31(45)41(55)40(39)50-24-26(2)51/h11,14,25-27,29-38,42,49-54,56-58H,5-10,12-13,15-24,48H2,1-4H3. The van der Waals surface area contributed by atoms with Crippen molar-refractivity contribution in [3.05, 3.63) is 35.2 Å². The molecule has 12 nitrogen and oxygen atoms in total. The predicted octanol–water partition coefficient (Wildman–Crippen LogP) is 3.59. The van der Waals surface area contributed by atoms with E-state index in [1.54, 1.807) is 13.8 Å². The molecule has 0 aromatic carbocycles. The Kier molecular flexibility index (Phi) is 11.9. The van der Waals surface area contributed by atoms with E-state index < -0.39 is 70.0 Å². The van der Waals surface area contributed by atoms with Crippen LogP contribution in [0.15, 0.2) is 35.2 Å². The van der Waals surface area contributed by atoms with Gasteiger partial charge in [-0.1, -0.05) is 39.2 Å². The number of nitrogens with one attached hydrogen (secondary N) is 2. The number of Topliss-reactive ketones (excluding diaryl/α,β-unsaturated/α-hetero) is 1. The molecule has 332 valence electrons. The summed E-state index contributed by atoms with van der Waals surface area (Å²) in [6, 6.07) is 0. The van der Waals surface area contributed by atoms with Crippen LogP contribution in [-0.2, 0) is 9.53 Å². The maximum absolute atomic E-state index is 15.1. The van der Waals surface area contributed by atoms with Gasteiger partial charge in [0.05, 0.1) is 59.7 Å². The third-order valence-corrected chi connectivity index (χ3v) is 18.1. The van der Waals surface area contributed by atoms with E-state index in [0.717, 1.165) is 37.7 Å². The van der Waals surface area contributed by atoms with Gasteiger partial charge in [-0.3, -0.25) is 4.79 Å². The minimum absolute atomic E-state index is 0.0870. The molecule has 6 aliphatic carbocycles. The lowest BCUT2D eigenvalue weighted by Gasteiger charge is -2.63. The molecule has 18 unspecified atom stereocenters. The molecule has 0 spiro atoms. The zero-order chi connectivity index (χ0) is 42.3. The minimum Gasteiger partial charge on any atom is -0.393 e. The van der Waals surface area contributed by atoms with Crippen molar-refractivity contribution in [2.75, 3.05) is 6.54 Å². The molecule has 2 heterocycles. The minimum atomic E-state index is -1.73. The first-order valence-corrected chi connectivity index (χ1v) is 23.4. The summed E-state index contributed by atoms with van der Waals surface area (Å²) in [5, 5.41) is 91.3. The average molecular weight is 826 g/mol. The highest BCUT2D eigenvalue weighted by Crippen LogP contribution is 2.71. The Bertz CT molecular complexity index is 1680. The normalized spacial score (nSPS) is 48.5. The number of allylic oxidation sites excluding steroid dienone is 3. The number of rotatable bonds is 10. The van der Waals surface area contributed by atoms with Crippen LogP contribution < -0.4 is 16.4 Å². The van der Waals surface area contributed by atoms with E-state index in [0.29, 0.717) is 56.4 Å². The van der Waals surface area contributed by atoms with Gasteiger partial charge in [0.1, 0.15) is 5.60 Å². The Morgan fingerprint density at radius 2 is 1.78 bits per heavy atom. The zero-order valence-corrected chi connectivity index (χ0v) is 36.0. The lowest BCUT2D eigenvalue weighted by atomic mass is 9.43. The number of aliphatic hydroxyl groups excluding tert-OH is 4. The van der Waals surface area contributed by atoms with Gasteiger partial charge in [0.2, 0.25) is 0 Å². The molecule has 59 heavy (non-hydrogen) atoms. The van der Waals surface area contributed by atoms with Crippen LogP contribution >= 0.6 is 0 Å². The van der Waals surface area contributed by atoms with E-state index in [2.05, 4.69) is 17.6 Å². The second-order valence-corrected chi connectivity index (χ2v) is 21.2. The van der Waals surface area contributed by atoms with Gasteiger partial charge in [0.25, 0.3) is 0 Å². The first-order chi connectivity index (χ1) is 27.9. The number of carbonyl (C=O) groups excluding carboxylic acids is 1. The van der Waals surface area contributed by atoms with Crippen molar-refractivity contribution in [3.63, 3.8) is 0 Å². The lowest BCUT2D eigenvalue weighted by Crippen LogP contribution is -2.69. The Morgan fingerprint density at radius 3 is 2.49 bits per heavy atom. The molecule has 18 atom stereocenters. The molecule has 11 N–H and O–H groups in total. The number of carbonyl (C=O) groups is 1. The van der Waals surface area contributed by atoms with Crippen LogP contribution in [0.4, 0.5) is 0 Å². The quantitative estimate of drug-likeness (QED) is 0.153. The smallest absolute Gasteiger partial charge is 0.182 e. The highest BCUT2D eigenvalue weighted by molar-refractivity contribution is 6.00.